The van der Waals surface area contributed by atoms with Crippen LogP contribution in [0.4, 0.5) is 5.69 Å². The fourth-order valence-corrected chi connectivity index (χ4v) is 3.83. The van der Waals surface area contributed by atoms with Crippen molar-refractivity contribution in [3.8, 4) is 5.75 Å². The summed E-state index contributed by atoms with van der Waals surface area (Å²) in [6, 6.07) is 13.6. The molecule has 112 valence electrons. The van der Waals surface area contributed by atoms with Crippen LogP contribution in [0.1, 0.15) is 5.69 Å². The highest BCUT2D eigenvalue weighted by molar-refractivity contribution is 9.11. The molecule has 1 heterocycles. The van der Waals surface area contributed by atoms with Crippen LogP contribution in [0.2, 0.25) is 0 Å². The van der Waals surface area contributed by atoms with Crippen molar-refractivity contribution in [2.24, 2.45) is 0 Å². The quantitative estimate of drug-likeness (QED) is 0.489. The summed E-state index contributed by atoms with van der Waals surface area (Å²) < 4.78 is 2.52. The maximum atomic E-state index is 10.2. The molecule has 0 fully saturated rings. The fourth-order valence-electron chi connectivity index (χ4n) is 2.13. The van der Waals surface area contributed by atoms with Crippen LogP contribution in [0.5, 0.6) is 5.75 Å². The number of nitrogens with zero attached hydrogens (tertiary/aromatic N) is 1. The Morgan fingerprint density at radius 3 is 2.50 bits per heavy atom. The van der Waals surface area contributed by atoms with Gasteiger partial charge in [-0.2, -0.15) is 0 Å². The molecule has 2 N–H and O–H groups in total. The molecule has 0 unspecified atom stereocenters. The second-order valence-electron chi connectivity index (χ2n) is 4.72. The summed E-state index contributed by atoms with van der Waals surface area (Å²) in [5.74, 6) is 0.154. The number of aromatic nitrogens is 1. The summed E-state index contributed by atoms with van der Waals surface area (Å²) >= 11 is 10.3. The van der Waals surface area contributed by atoms with E-state index in [0.29, 0.717) is 16.5 Å². The number of hydrogen-bond donors (Lipinski definition) is 2. The van der Waals surface area contributed by atoms with E-state index in [1.165, 1.54) is 0 Å². The number of nitrogens with one attached hydrogen (secondary N) is 1. The minimum atomic E-state index is 0.154. The number of phenols is 1. The standard InChI is InChI=1S/C16H11Br3N2O/c17-11-3-1-2-4-14(11)20-8-9-5-6-10-12(18)7-13(19)16(22)15(10)21-9/h1-7,20,22H,8H2. The van der Waals surface area contributed by atoms with E-state index in [4.69, 9.17) is 0 Å². The number of pyridine rings is 1. The van der Waals surface area contributed by atoms with Crippen LogP contribution in [0, 0.1) is 0 Å². The maximum absolute atomic E-state index is 10.2. The number of halogens is 3. The first kappa shape index (κ1) is 15.8. The summed E-state index contributed by atoms with van der Waals surface area (Å²) in [7, 11) is 0. The van der Waals surface area contributed by atoms with E-state index < -0.39 is 0 Å². The van der Waals surface area contributed by atoms with Crippen molar-refractivity contribution < 1.29 is 5.11 Å². The number of benzene rings is 2. The average Bonchev–Trinajstić information content (AvgIpc) is 2.52. The van der Waals surface area contributed by atoms with Gasteiger partial charge in [0.05, 0.1) is 16.7 Å². The van der Waals surface area contributed by atoms with E-state index in [1.807, 2.05) is 42.5 Å². The lowest BCUT2D eigenvalue weighted by molar-refractivity contribution is 0.477. The Hall–Kier alpha value is -1.11. The van der Waals surface area contributed by atoms with Gasteiger partial charge < -0.3 is 10.4 Å². The fraction of sp³-hybridized carbons (Fsp3) is 0.0625. The number of rotatable bonds is 3. The molecule has 1 aromatic heterocycles. The molecule has 0 aliphatic carbocycles. The number of aromatic hydroxyl groups is 1. The first-order chi connectivity index (χ1) is 10.6. The minimum Gasteiger partial charge on any atom is -0.505 e. The Kier molecular flexibility index (Phi) is 4.70. The van der Waals surface area contributed by atoms with Crippen LogP contribution in [-0.4, -0.2) is 10.1 Å². The maximum Gasteiger partial charge on any atom is 0.156 e. The third-order valence-electron chi connectivity index (χ3n) is 3.25. The molecule has 0 spiro atoms. The van der Waals surface area contributed by atoms with Crippen molar-refractivity contribution in [3.63, 3.8) is 0 Å². The monoisotopic (exact) mass is 484 g/mol. The number of phenolic OH excluding ortho intramolecular Hbond substituents is 1. The first-order valence-corrected chi connectivity index (χ1v) is 8.89. The van der Waals surface area contributed by atoms with Crippen LogP contribution < -0.4 is 5.32 Å². The molecular weight excluding hydrogens is 476 g/mol. The van der Waals surface area contributed by atoms with E-state index in [9.17, 15) is 5.11 Å². The normalized spacial score (nSPS) is 10.9. The van der Waals surface area contributed by atoms with E-state index in [2.05, 4.69) is 58.1 Å². The van der Waals surface area contributed by atoms with Crippen molar-refractivity contribution in [2.45, 2.75) is 6.54 Å². The molecule has 3 rings (SSSR count). The van der Waals surface area contributed by atoms with Crippen molar-refractivity contribution in [1.29, 1.82) is 0 Å². The van der Waals surface area contributed by atoms with Gasteiger partial charge in [-0.25, -0.2) is 4.98 Å². The van der Waals surface area contributed by atoms with Gasteiger partial charge in [0, 0.05) is 20.0 Å². The number of hydrogen-bond acceptors (Lipinski definition) is 3. The third kappa shape index (κ3) is 3.14. The Balaban J connectivity index is 1.92. The van der Waals surface area contributed by atoms with Gasteiger partial charge in [0.2, 0.25) is 0 Å². The van der Waals surface area contributed by atoms with Crippen LogP contribution in [0.25, 0.3) is 10.9 Å². The lowest BCUT2D eigenvalue weighted by atomic mass is 10.2. The van der Waals surface area contributed by atoms with Gasteiger partial charge in [0.25, 0.3) is 0 Å². The predicted octanol–water partition coefficient (Wildman–Crippen LogP) is 5.84. The van der Waals surface area contributed by atoms with E-state index >= 15 is 0 Å². The lowest BCUT2D eigenvalue weighted by Gasteiger charge is -2.10. The van der Waals surface area contributed by atoms with Gasteiger partial charge in [-0.15, -0.1) is 0 Å². The van der Waals surface area contributed by atoms with Gasteiger partial charge in [-0.05, 0) is 62.2 Å². The Morgan fingerprint density at radius 2 is 1.73 bits per heavy atom. The summed E-state index contributed by atoms with van der Waals surface area (Å²) in [6.45, 7) is 0.572. The topological polar surface area (TPSA) is 45.1 Å². The van der Waals surface area contributed by atoms with Crippen molar-refractivity contribution >= 4 is 64.4 Å². The molecule has 0 radical (unpaired) electrons. The predicted molar refractivity (Wildman–Crippen MR) is 100 cm³/mol. The average molecular weight is 487 g/mol. The van der Waals surface area contributed by atoms with Gasteiger partial charge in [-0.3, -0.25) is 0 Å². The summed E-state index contributed by atoms with van der Waals surface area (Å²) in [5, 5.41) is 14.4. The van der Waals surface area contributed by atoms with E-state index in [-0.39, 0.29) is 5.75 Å². The highest BCUT2D eigenvalue weighted by atomic mass is 79.9. The molecule has 3 aromatic rings. The molecule has 0 saturated heterocycles. The molecule has 0 aliphatic rings. The van der Waals surface area contributed by atoms with Crippen LogP contribution in [0.15, 0.2) is 55.9 Å². The van der Waals surface area contributed by atoms with Gasteiger partial charge in [-0.1, -0.05) is 28.1 Å². The Labute approximate surface area is 153 Å². The zero-order valence-corrected chi connectivity index (χ0v) is 16.0. The second kappa shape index (κ2) is 6.56. The molecule has 6 heteroatoms. The highest BCUT2D eigenvalue weighted by Gasteiger charge is 2.10. The van der Waals surface area contributed by atoms with E-state index in [0.717, 1.165) is 25.7 Å². The van der Waals surface area contributed by atoms with Crippen LogP contribution >= 0.6 is 47.8 Å². The van der Waals surface area contributed by atoms with Crippen molar-refractivity contribution in [2.75, 3.05) is 5.32 Å². The molecule has 0 saturated carbocycles. The molecule has 3 nitrogen and oxygen atoms in total. The molecule has 0 bridgehead atoms. The SMILES string of the molecule is Oc1c(Br)cc(Br)c2ccc(CNc3ccccc3Br)nc12. The zero-order valence-electron chi connectivity index (χ0n) is 11.3. The van der Waals surface area contributed by atoms with Gasteiger partial charge >= 0.3 is 0 Å². The molecule has 2 aromatic carbocycles. The van der Waals surface area contributed by atoms with Crippen LogP contribution in [0.3, 0.4) is 0 Å². The molecular formula is C16H11Br3N2O. The molecule has 0 amide bonds. The Bertz CT molecular complexity index is 852. The van der Waals surface area contributed by atoms with Gasteiger partial charge in [0.1, 0.15) is 5.52 Å². The number of anilines is 1. The molecule has 0 atom stereocenters. The van der Waals surface area contributed by atoms with Crippen molar-refractivity contribution in [3.05, 3.63) is 61.6 Å². The van der Waals surface area contributed by atoms with E-state index in [1.54, 1.807) is 0 Å². The number of para-hydroxylation sites is 1. The Morgan fingerprint density at radius 1 is 0.955 bits per heavy atom. The molecule has 22 heavy (non-hydrogen) atoms. The minimum absolute atomic E-state index is 0.154. The highest BCUT2D eigenvalue weighted by Crippen LogP contribution is 2.36. The first-order valence-electron chi connectivity index (χ1n) is 6.51. The summed E-state index contributed by atoms with van der Waals surface area (Å²) in [4.78, 5) is 4.55. The second-order valence-corrected chi connectivity index (χ2v) is 7.28. The summed E-state index contributed by atoms with van der Waals surface area (Å²) in [5.41, 5.74) is 2.43. The largest absolute Gasteiger partial charge is 0.505 e. The third-order valence-corrected chi connectivity index (χ3v) is 5.20. The summed E-state index contributed by atoms with van der Waals surface area (Å²) in [6.07, 6.45) is 0. The van der Waals surface area contributed by atoms with Gasteiger partial charge in [0.15, 0.2) is 5.75 Å². The number of fused-ring (bicyclic) bond motifs is 1. The van der Waals surface area contributed by atoms with Crippen molar-refractivity contribution in [1.82, 2.24) is 4.98 Å². The zero-order chi connectivity index (χ0) is 15.7. The smallest absolute Gasteiger partial charge is 0.156 e. The molecule has 0 aliphatic heterocycles. The lowest BCUT2D eigenvalue weighted by Crippen LogP contribution is -2.02. The van der Waals surface area contributed by atoms with Crippen LogP contribution in [-0.2, 0) is 6.54 Å².